The van der Waals surface area contributed by atoms with Crippen LogP contribution < -0.4 is 0 Å². The first-order valence-electron chi connectivity index (χ1n) is 6.07. The van der Waals surface area contributed by atoms with Gasteiger partial charge in [-0.2, -0.15) is 4.98 Å². The molecule has 100 valence electrons. The minimum absolute atomic E-state index is 0.0798. The lowest BCUT2D eigenvalue weighted by Crippen LogP contribution is -1.83. The van der Waals surface area contributed by atoms with Crippen LogP contribution in [0.2, 0.25) is 0 Å². The molecular weight excluding hydrogens is 256 g/mol. The fourth-order valence-corrected chi connectivity index (χ4v) is 1.89. The summed E-state index contributed by atoms with van der Waals surface area (Å²) in [4.78, 5) is 4.20. The summed E-state index contributed by atoms with van der Waals surface area (Å²) in [6, 6.07) is 12.1. The maximum Gasteiger partial charge on any atom is 0.265 e. The smallest absolute Gasteiger partial charge is 0.265 e. The number of nitrogens with zero attached hydrogens (tertiary/aromatic N) is 2. The second-order valence-electron chi connectivity index (χ2n) is 4.46. The number of aromatic hydroxyl groups is 2. The monoisotopic (exact) mass is 268 g/mol. The van der Waals surface area contributed by atoms with Crippen molar-refractivity contribution in [1.29, 1.82) is 0 Å². The van der Waals surface area contributed by atoms with E-state index in [2.05, 4.69) is 10.1 Å². The fourth-order valence-electron chi connectivity index (χ4n) is 1.89. The van der Waals surface area contributed by atoms with Crippen LogP contribution in [0.4, 0.5) is 0 Å². The number of phenols is 2. The molecule has 0 aliphatic rings. The lowest BCUT2D eigenvalue weighted by molar-refractivity contribution is 0.416. The molecule has 3 aromatic rings. The van der Waals surface area contributed by atoms with Crippen LogP contribution >= 0.6 is 0 Å². The van der Waals surface area contributed by atoms with Gasteiger partial charge < -0.3 is 14.7 Å². The zero-order valence-electron chi connectivity index (χ0n) is 10.7. The van der Waals surface area contributed by atoms with Gasteiger partial charge in [0.05, 0.1) is 0 Å². The molecule has 1 aromatic heterocycles. The van der Waals surface area contributed by atoms with Gasteiger partial charge in [0.25, 0.3) is 5.89 Å². The summed E-state index contributed by atoms with van der Waals surface area (Å²) < 4.78 is 5.12. The number of rotatable bonds is 2. The number of aryl methyl sites for hydroxylation is 1. The van der Waals surface area contributed by atoms with Crippen LogP contribution in [0.25, 0.3) is 22.8 Å². The summed E-state index contributed by atoms with van der Waals surface area (Å²) in [7, 11) is 0. The van der Waals surface area contributed by atoms with E-state index in [1.54, 1.807) is 0 Å². The highest BCUT2D eigenvalue weighted by Crippen LogP contribution is 2.36. The Bertz CT molecular complexity index is 728. The Morgan fingerprint density at radius 3 is 2.25 bits per heavy atom. The van der Waals surface area contributed by atoms with Gasteiger partial charge in [-0.15, -0.1) is 0 Å². The van der Waals surface area contributed by atoms with E-state index in [0.717, 1.165) is 11.1 Å². The van der Waals surface area contributed by atoms with Crippen LogP contribution in [0.5, 0.6) is 11.5 Å². The van der Waals surface area contributed by atoms with E-state index in [4.69, 9.17) is 4.52 Å². The fraction of sp³-hybridized carbons (Fsp3) is 0.0667. The SMILES string of the molecule is Cc1ccc(-c2noc(-c3c(O)cccc3O)n2)cc1. The average molecular weight is 268 g/mol. The lowest BCUT2D eigenvalue weighted by atomic mass is 10.1. The summed E-state index contributed by atoms with van der Waals surface area (Å²) >= 11 is 0. The first-order chi connectivity index (χ1) is 9.65. The minimum Gasteiger partial charge on any atom is -0.507 e. The van der Waals surface area contributed by atoms with E-state index in [-0.39, 0.29) is 23.0 Å². The highest BCUT2D eigenvalue weighted by atomic mass is 16.5. The largest absolute Gasteiger partial charge is 0.507 e. The molecule has 0 radical (unpaired) electrons. The van der Waals surface area contributed by atoms with E-state index in [9.17, 15) is 10.2 Å². The van der Waals surface area contributed by atoms with Gasteiger partial charge in [0.15, 0.2) is 0 Å². The predicted octanol–water partition coefficient (Wildman–Crippen LogP) is 3.12. The van der Waals surface area contributed by atoms with Gasteiger partial charge in [0.2, 0.25) is 5.82 Å². The summed E-state index contributed by atoms with van der Waals surface area (Å²) in [5.74, 6) is 0.270. The van der Waals surface area contributed by atoms with Gasteiger partial charge in [-0.25, -0.2) is 0 Å². The highest BCUT2D eigenvalue weighted by Gasteiger charge is 2.17. The summed E-state index contributed by atoms with van der Waals surface area (Å²) in [6.07, 6.45) is 0. The Hall–Kier alpha value is -2.82. The van der Waals surface area contributed by atoms with Crippen LogP contribution in [0.15, 0.2) is 47.0 Å². The predicted molar refractivity (Wildman–Crippen MR) is 73.2 cm³/mol. The molecule has 5 heteroatoms. The van der Waals surface area contributed by atoms with Gasteiger partial charge in [0, 0.05) is 5.56 Å². The number of benzene rings is 2. The third kappa shape index (κ3) is 2.09. The summed E-state index contributed by atoms with van der Waals surface area (Å²) in [5.41, 5.74) is 2.08. The van der Waals surface area contributed by atoms with E-state index in [1.807, 2.05) is 31.2 Å². The number of hydrogen-bond donors (Lipinski definition) is 2. The molecule has 0 bridgehead atoms. The van der Waals surface area contributed by atoms with Crippen LogP contribution in [0, 0.1) is 6.92 Å². The van der Waals surface area contributed by atoms with Crippen molar-refractivity contribution in [3.8, 4) is 34.3 Å². The van der Waals surface area contributed by atoms with E-state index in [0.29, 0.717) is 5.82 Å². The minimum atomic E-state index is -0.107. The second-order valence-corrected chi connectivity index (χ2v) is 4.46. The molecule has 0 unspecified atom stereocenters. The lowest BCUT2D eigenvalue weighted by Gasteiger charge is -2.01. The van der Waals surface area contributed by atoms with Crippen molar-refractivity contribution in [3.63, 3.8) is 0 Å². The third-order valence-electron chi connectivity index (χ3n) is 2.97. The molecule has 5 nitrogen and oxygen atoms in total. The first-order valence-corrected chi connectivity index (χ1v) is 6.07. The first kappa shape index (κ1) is 12.2. The van der Waals surface area contributed by atoms with Gasteiger partial charge in [-0.05, 0) is 19.1 Å². The number of aromatic nitrogens is 2. The molecule has 20 heavy (non-hydrogen) atoms. The molecule has 0 amide bonds. The topological polar surface area (TPSA) is 79.4 Å². The molecule has 0 atom stereocenters. The van der Waals surface area contributed by atoms with Gasteiger partial charge in [0.1, 0.15) is 17.1 Å². The quantitative estimate of drug-likeness (QED) is 0.746. The van der Waals surface area contributed by atoms with Gasteiger partial charge in [-0.3, -0.25) is 0 Å². The highest BCUT2D eigenvalue weighted by molar-refractivity contribution is 5.71. The van der Waals surface area contributed by atoms with E-state index >= 15 is 0 Å². The van der Waals surface area contributed by atoms with Crippen molar-refractivity contribution in [2.75, 3.05) is 0 Å². The van der Waals surface area contributed by atoms with Crippen molar-refractivity contribution in [1.82, 2.24) is 10.1 Å². The molecule has 3 rings (SSSR count). The maximum absolute atomic E-state index is 9.77. The van der Waals surface area contributed by atoms with Crippen molar-refractivity contribution in [2.45, 2.75) is 6.92 Å². The second kappa shape index (κ2) is 4.70. The molecule has 0 spiro atoms. The summed E-state index contributed by atoms with van der Waals surface area (Å²) in [5, 5.41) is 23.4. The van der Waals surface area contributed by atoms with Crippen molar-refractivity contribution in [3.05, 3.63) is 48.0 Å². The van der Waals surface area contributed by atoms with Gasteiger partial charge >= 0.3 is 0 Å². The Morgan fingerprint density at radius 2 is 1.60 bits per heavy atom. The third-order valence-corrected chi connectivity index (χ3v) is 2.97. The normalized spacial score (nSPS) is 10.7. The van der Waals surface area contributed by atoms with Crippen molar-refractivity contribution in [2.24, 2.45) is 0 Å². The molecular formula is C15H12N2O3. The molecule has 2 N–H and O–H groups in total. The standard InChI is InChI=1S/C15H12N2O3/c1-9-5-7-10(8-6-9)14-16-15(20-17-14)13-11(18)3-2-4-12(13)19/h2-8,18-19H,1H3. The molecule has 2 aromatic carbocycles. The molecule has 0 saturated carbocycles. The van der Waals surface area contributed by atoms with Crippen molar-refractivity contribution >= 4 is 0 Å². The zero-order chi connectivity index (χ0) is 14.1. The number of phenolic OH excluding ortho intramolecular Hbond substituents is 2. The van der Waals surface area contributed by atoms with Crippen LogP contribution in [-0.4, -0.2) is 20.4 Å². The zero-order valence-corrected chi connectivity index (χ0v) is 10.7. The Morgan fingerprint density at radius 1 is 0.950 bits per heavy atom. The Labute approximate surface area is 115 Å². The van der Waals surface area contributed by atoms with Gasteiger partial charge in [-0.1, -0.05) is 41.1 Å². The molecule has 0 saturated heterocycles. The van der Waals surface area contributed by atoms with Crippen LogP contribution in [0.1, 0.15) is 5.56 Å². The average Bonchev–Trinajstić information content (AvgIpc) is 2.89. The molecule has 0 aliphatic heterocycles. The Balaban J connectivity index is 2.04. The van der Waals surface area contributed by atoms with E-state index in [1.165, 1.54) is 18.2 Å². The number of hydrogen-bond acceptors (Lipinski definition) is 5. The van der Waals surface area contributed by atoms with Crippen LogP contribution in [0.3, 0.4) is 0 Å². The van der Waals surface area contributed by atoms with E-state index < -0.39 is 0 Å². The summed E-state index contributed by atoms with van der Waals surface area (Å²) in [6.45, 7) is 1.99. The van der Waals surface area contributed by atoms with Crippen molar-refractivity contribution < 1.29 is 14.7 Å². The Kier molecular flexibility index (Phi) is 2.87. The molecule has 0 aliphatic carbocycles. The molecule has 0 fully saturated rings. The van der Waals surface area contributed by atoms with Crippen LogP contribution in [-0.2, 0) is 0 Å². The molecule has 1 heterocycles. The maximum atomic E-state index is 9.77.